The quantitative estimate of drug-likeness (QED) is 0.500. The van der Waals surface area contributed by atoms with E-state index < -0.39 is 12.1 Å². The van der Waals surface area contributed by atoms with E-state index in [2.05, 4.69) is 10.2 Å². The van der Waals surface area contributed by atoms with Crippen LogP contribution in [0.5, 0.6) is 5.75 Å². The zero-order valence-electron chi connectivity index (χ0n) is 13.7. The molecule has 0 saturated heterocycles. The number of furan rings is 1. The third-order valence-electron chi connectivity index (χ3n) is 3.35. The van der Waals surface area contributed by atoms with Crippen LogP contribution in [0.15, 0.2) is 57.6 Å². The molecular weight excluding hydrogens is 324 g/mol. The summed E-state index contributed by atoms with van der Waals surface area (Å²) in [6, 6.07) is 10.7. The number of benzene rings is 1. The highest BCUT2D eigenvalue weighted by atomic mass is 16.6. The van der Waals surface area contributed by atoms with Gasteiger partial charge >= 0.3 is 5.97 Å². The Morgan fingerprint density at radius 3 is 2.68 bits per heavy atom. The summed E-state index contributed by atoms with van der Waals surface area (Å²) in [5.41, 5.74) is 0.746. The highest BCUT2D eigenvalue weighted by Crippen LogP contribution is 2.24. The lowest BCUT2D eigenvalue weighted by atomic mass is 10.2. The van der Waals surface area contributed by atoms with Gasteiger partial charge in [0.1, 0.15) is 11.5 Å². The van der Waals surface area contributed by atoms with E-state index in [9.17, 15) is 4.79 Å². The van der Waals surface area contributed by atoms with E-state index in [-0.39, 0.29) is 5.89 Å². The molecule has 0 N–H and O–H groups in total. The number of ether oxygens (including phenoxy) is 2. The fourth-order valence-corrected chi connectivity index (χ4v) is 2.05. The molecule has 0 fully saturated rings. The van der Waals surface area contributed by atoms with Gasteiger partial charge in [-0.05, 0) is 49.4 Å². The lowest BCUT2D eigenvalue weighted by Crippen LogP contribution is -2.06. The summed E-state index contributed by atoms with van der Waals surface area (Å²) in [4.78, 5) is 11.8. The van der Waals surface area contributed by atoms with Gasteiger partial charge in [0.25, 0.3) is 5.89 Å². The Labute approximate surface area is 143 Å². The number of rotatable bonds is 6. The minimum absolute atomic E-state index is 0.213. The van der Waals surface area contributed by atoms with Gasteiger partial charge in [0.05, 0.1) is 13.4 Å². The van der Waals surface area contributed by atoms with Crippen molar-refractivity contribution in [2.75, 3.05) is 7.11 Å². The first kappa shape index (κ1) is 16.5. The smallest absolute Gasteiger partial charge is 0.331 e. The Morgan fingerprint density at radius 2 is 2.00 bits per heavy atom. The third kappa shape index (κ3) is 4.14. The molecule has 1 aromatic carbocycles. The first-order valence-electron chi connectivity index (χ1n) is 7.56. The molecule has 2 aromatic heterocycles. The molecule has 3 aromatic rings. The Hall–Kier alpha value is -3.35. The van der Waals surface area contributed by atoms with Gasteiger partial charge in [0, 0.05) is 11.6 Å². The molecule has 2 heterocycles. The number of methoxy groups -OCH3 is 1. The highest BCUT2D eigenvalue weighted by Gasteiger charge is 2.18. The number of aromatic nitrogens is 2. The van der Waals surface area contributed by atoms with Crippen LogP contribution in [0.4, 0.5) is 0 Å². The van der Waals surface area contributed by atoms with E-state index in [0.717, 1.165) is 11.3 Å². The number of hydrogen-bond donors (Lipinski definition) is 0. The normalized spacial score (nSPS) is 12.2. The summed E-state index contributed by atoms with van der Waals surface area (Å²) < 4.78 is 21.0. The van der Waals surface area contributed by atoms with Crippen molar-refractivity contribution in [3.8, 4) is 17.2 Å². The van der Waals surface area contributed by atoms with E-state index in [1.54, 1.807) is 50.4 Å². The van der Waals surface area contributed by atoms with Crippen LogP contribution in [0.3, 0.4) is 0 Å². The second-order valence-electron chi connectivity index (χ2n) is 5.10. The van der Waals surface area contributed by atoms with Gasteiger partial charge in [0.2, 0.25) is 5.89 Å². The molecule has 0 aliphatic rings. The summed E-state index contributed by atoms with van der Waals surface area (Å²) in [6.07, 6.45) is 3.64. The van der Waals surface area contributed by atoms with Crippen molar-refractivity contribution < 1.29 is 23.1 Å². The highest BCUT2D eigenvalue weighted by molar-refractivity contribution is 5.86. The SMILES string of the molecule is COc1ccc(-c2nnc([C@@H](C)OC(=O)/C=C/c3ccco3)o2)cc1. The summed E-state index contributed by atoms with van der Waals surface area (Å²) in [5.74, 6) is 1.31. The van der Waals surface area contributed by atoms with Gasteiger partial charge in [-0.1, -0.05) is 0 Å². The molecule has 0 bridgehead atoms. The van der Waals surface area contributed by atoms with Crippen molar-refractivity contribution in [1.82, 2.24) is 10.2 Å². The zero-order valence-corrected chi connectivity index (χ0v) is 13.7. The molecule has 1 atom stereocenters. The maximum absolute atomic E-state index is 11.8. The van der Waals surface area contributed by atoms with Crippen LogP contribution < -0.4 is 4.74 Å². The van der Waals surface area contributed by atoms with E-state index in [1.165, 1.54) is 18.4 Å². The average Bonchev–Trinajstić information content (AvgIpc) is 3.32. The van der Waals surface area contributed by atoms with Crippen LogP contribution in [-0.4, -0.2) is 23.3 Å². The molecule has 128 valence electrons. The van der Waals surface area contributed by atoms with Crippen LogP contribution in [0, 0.1) is 0 Å². The molecule has 0 aliphatic carbocycles. The Morgan fingerprint density at radius 1 is 1.20 bits per heavy atom. The average molecular weight is 340 g/mol. The molecule has 0 spiro atoms. The fourth-order valence-electron chi connectivity index (χ4n) is 2.05. The largest absolute Gasteiger partial charge is 0.497 e. The van der Waals surface area contributed by atoms with Crippen molar-refractivity contribution in [2.24, 2.45) is 0 Å². The van der Waals surface area contributed by atoms with E-state index in [1.807, 2.05) is 0 Å². The molecule has 0 amide bonds. The van der Waals surface area contributed by atoms with Crippen molar-refractivity contribution in [2.45, 2.75) is 13.0 Å². The van der Waals surface area contributed by atoms with Gasteiger partial charge in [-0.2, -0.15) is 0 Å². The molecule has 0 aliphatic heterocycles. The second kappa shape index (κ2) is 7.48. The zero-order chi connectivity index (χ0) is 17.6. The number of nitrogens with zero attached hydrogens (tertiary/aromatic N) is 2. The Balaban J connectivity index is 1.63. The minimum atomic E-state index is -0.673. The van der Waals surface area contributed by atoms with Crippen LogP contribution in [0.1, 0.15) is 24.7 Å². The number of carbonyl (C=O) groups excluding carboxylic acids is 1. The van der Waals surface area contributed by atoms with Gasteiger partial charge in [0.15, 0.2) is 6.10 Å². The monoisotopic (exact) mass is 340 g/mol. The molecule has 0 saturated carbocycles. The number of carbonyl (C=O) groups is 1. The topological polar surface area (TPSA) is 87.6 Å². The lowest BCUT2D eigenvalue weighted by Gasteiger charge is -2.06. The number of hydrogen-bond acceptors (Lipinski definition) is 7. The molecule has 0 radical (unpaired) electrons. The number of esters is 1. The predicted molar refractivity (Wildman–Crippen MR) is 88.5 cm³/mol. The van der Waals surface area contributed by atoms with Crippen LogP contribution in [0.2, 0.25) is 0 Å². The molecular formula is C18H16N2O5. The molecule has 0 unspecified atom stereocenters. The molecule has 7 heteroatoms. The van der Waals surface area contributed by atoms with Crippen LogP contribution in [-0.2, 0) is 9.53 Å². The van der Waals surface area contributed by atoms with Crippen molar-refractivity contribution in [3.63, 3.8) is 0 Å². The van der Waals surface area contributed by atoms with Gasteiger partial charge in [-0.3, -0.25) is 0 Å². The van der Waals surface area contributed by atoms with Crippen molar-refractivity contribution in [1.29, 1.82) is 0 Å². The van der Waals surface area contributed by atoms with E-state index in [4.69, 9.17) is 18.3 Å². The van der Waals surface area contributed by atoms with Crippen molar-refractivity contribution in [3.05, 3.63) is 60.4 Å². The van der Waals surface area contributed by atoms with E-state index >= 15 is 0 Å². The van der Waals surface area contributed by atoms with Gasteiger partial charge < -0.3 is 18.3 Å². The lowest BCUT2D eigenvalue weighted by molar-refractivity contribution is -0.143. The molecule has 3 rings (SSSR count). The first-order valence-corrected chi connectivity index (χ1v) is 7.56. The van der Waals surface area contributed by atoms with Gasteiger partial charge in [-0.25, -0.2) is 4.79 Å². The summed E-state index contributed by atoms with van der Waals surface area (Å²) in [5, 5.41) is 7.91. The summed E-state index contributed by atoms with van der Waals surface area (Å²) >= 11 is 0. The maximum atomic E-state index is 11.8. The standard InChI is InChI=1S/C18H16N2O5/c1-12(24-16(21)10-9-15-4-3-11-23-15)17-19-20-18(25-17)13-5-7-14(22-2)8-6-13/h3-12H,1-2H3/b10-9+/t12-/m1/s1. The van der Waals surface area contributed by atoms with Crippen LogP contribution in [0.25, 0.3) is 17.5 Å². The Bertz CT molecular complexity index is 850. The molecule has 7 nitrogen and oxygen atoms in total. The van der Waals surface area contributed by atoms with Gasteiger partial charge in [-0.15, -0.1) is 10.2 Å². The van der Waals surface area contributed by atoms with Crippen LogP contribution >= 0.6 is 0 Å². The second-order valence-corrected chi connectivity index (χ2v) is 5.10. The Kier molecular flexibility index (Phi) is 4.94. The maximum Gasteiger partial charge on any atom is 0.331 e. The summed E-state index contributed by atoms with van der Waals surface area (Å²) in [6.45, 7) is 1.66. The van der Waals surface area contributed by atoms with Crippen molar-refractivity contribution >= 4 is 12.0 Å². The minimum Gasteiger partial charge on any atom is -0.497 e. The summed E-state index contributed by atoms with van der Waals surface area (Å²) in [7, 11) is 1.59. The predicted octanol–water partition coefficient (Wildman–Crippen LogP) is 3.66. The molecule has 25 heavy (non-hydrogen) atoms. The fraction of sp³-hybridized carbons (Fsp3) is 0.167. The third-order valence-corrected chi connectivity index (χ3v) is 3.35. The first-order chi connectivity index (χ1) is 12.2. The van der Waals surface area contributed by atoms with E-state index in [0.29, 0.717) is 11.7 Å².